The molecule has 172 valence electrons. The molecule has 0 saturated carbocycles. The zero-order valence-corrected chi connectivity index (χ0v) is 19.4. The van der Waals surface area contributed by atoms with Gasteiger partial charge in [-0.25, -0.2) is 4.98 Å². The van der Waals surface area contributed by atoms with Gasteiger partial charge >= 0.3 is 6.18 Å². The van der Waals surface area contributed by atoms with Crippen molar-refractivity contribution in [3.63, 3.8) is 0 Å². The molecule has 1 aliphatic rings. The molecule has 1 atom stereocenters. The highest BCUT2D eigenvalue weighted by molar-refractivity contribution is 14.0. The average Bonchev–Trinajstić information content (AvgIpc) is 3.21. The van der Waals surface area contributed by atoms with E-state index in [-0.39, 0.29) is 36.5 Å². The lowest BCUT2D eigenvalue weighted by Crippen LogP contribution is -2.39. The van der Waals surface area contributed by atoms with Crippen LogP contribution in [0.4, 0.5) is 13.2 Å². The molecular formula is C19H30F3IN4O3. The molecule has 7 nitrogen and oxygen atoms in total. The third-order valence-electron chi connectivity index (χ3n) is 4.15. The van der Waals surface area contributed by atoms with Gasteiger partial charge in [0.1, 0.15) is 6.61 Å². The first kappa shape index (κ1) is 26.7. The van der Waals surface area contributed by atoms with Crippen molar-refractivity contribution < 1.29 is 27.4 Å². The summed E-state index contributed by atoms with van der Waals surface area (Å²) in [5.41, 5.74) is -0.801. The second-order valence-electron chi connectivity index (χ2n) is 6.58. The van der Waals surface area contributed by atoms with Gasteiger partial charge in [-0.3, -0.25) is 4.99 Å². The third-order valence-corrected chi connectivity index (χ3v) is 4.15. The molecule has 1 unspecified atom stereocenters. The normalized spacial score (nSPS) is 16.8. The van der Waals surface area contributed by atoms with E-state index in [9.17, 15) is 13.2 Å². The molecule has 2 heterocycles. The molecule has 2 rings (SSSR count). The molecule has 0 spiro atoms. The number of ether oxygens (including phenoxy) is 3. The van der Waals surface area contributed by atoms with Gasteiger partial charge in [0.15, 0.2) is 5.96 Å². The number of nitrogens with zero attached hydrogens (tertiary/aromatic N) is 2. The van der Waals surface area contributed by atoms with Gasteiger partial charge in [0.05, 0.1) is 25.3 Å². The smallest absolute Gasteiger partial charge is 0.417 e. The number of guanidine groups is 1. The lowest BCUT2D eigenvalue weighted by atomic mass is 10.1. The molecule has 0 bridgehead atoms. The Kier molecular flexibility index (Phi) is 13.0. The highest BCUT2D eigenvalue weighted by atomic mass is 127. The Bertz CT molecular complexity index is 612. The van der Waals surface area contributed by atoms with Crippen LogP contribution < -0.4 is 15.4 Å². The van der Waals surface area contributed by atoms with Crippen molar-refractivity contribution in [2.24, 2.45) is 10.9 Å². The van der Waals surface area contributed by atoms with Crippen molar-refractivity contribution in [2.45, 2.75) is 25.9 Å². The van der Waals surface area contributed by atoms with E-state index in [0.717, 1.165) is 44.9 Å². The molecule has 2 N–H and O–H groups in total. The van der Waals surface area contributed by atoms with Crippen LogP contribution in [0.25, 0.3) is 0 Å². The zero-order chi connectivity index (χ0) is 21.0. The number of pyridine rings is 1. The van der Waals surface area contributed by atoms with E-state index < -0.39 is 11.7 Å². The number of aromatic nitrogens is 1. The number of alkyl halides is 3. The van der Waals surface area contributed by atoms with Crippen molar-refractivity contribution in [1.82, 2.24) is 15.6 Å². The number of halogens is 4. The van der Waals surface area contributed by atoms with Gasteiger partial charge in [-0.15, -0.1) is 24.0 Å². The molecule has 1 aliphatic heterocycles. The maximum absolute atomic E-state index is 12.5. The summed E-state index contributed by atoms with van der Waals surface area (Å²) in [4.78, 5) is 8.13. The van der Waals surface area contributed by atoms with Crippen LogP contribution >= 0.6 is 24.0 Å². The van der Waals surface area contributed by atoms with E-state index in [1.165, 1.54) is 6.07 Å². The quantitative estimate of drug-likeness (QED) is 0.192. The minimum atomic E-state index is -4.40. The van der Waals surface area contributed by atoms with Gasteiger partial charge < -0.3 is 24.8 Å². The first-order chi connectivity index (χ1) is 14.0. The number of hydrogen-bond acceptors (Lipinski definition) is 5. The van der Waals surface area contributed by atoms with Crippen LogP contribution in [0, 0.1) is 5.92 Å². The van der Waals surface area contributed by atoms with Crippen LogP contribution in [0.5, 0.6) is 5.88 Å². The number of nitrogens with one attached hydrogen (secondary N) is 2. The molecule has 1 fully saturated rings. The van der Waals surface area contributed by atoms with E-state index >= 15 is 0 Å². The fraction of sp³-hybridized carbons (Fsp3) is 0.684. The summed E-state index contributed by atoms with van der Waals surface area (Å²) < 4.78 is 53.8. The largest absolute Gasteiger partial charge is 0.476 e. The number of aliphatic imine (C=N–C) groups is 1. The van der Waals surface area contributed by atoms with Gasteiger partial charge in [0.2, 0.25) is 5.88 Å². The fourth-order valence-corrected chi connectivity index (χ4v) is 2.62. The minimum Gasteiger partial charge on any atom is -0.476 e. The van der Waals surface area contributed by atoms with Crippen LogP contribution in [0.2, 0.25) is 0 Å². The van der Waals surface area contributed by atoms with Crippen molar-refractivity contribution in [3.05, 3.63) is 23.9 Å². The Hall–Kier alpha value is -1.34. The van der Waals surface area contributed by atoms with E-state index in [0.29, 0.717) is 38.1 Å². The molecule has 11 heteroatoms. The fourth-order valence-electron chi connectivity index (χ4n) is 2.62. The van der Waals surface area contributed by atoms with E-state index in [2.05, 4.69) is 20.6 Å². The lowest BCUT2D eigenvalue weighted by Gasteiger charge is -2.12. The van der Waals surface area contributed by atoms with Crippen molar-refractivity contribution in [1.29, 1.82) is 0 Å². The predicted octanol–water partition coefficient (Wildman–Crippen LogP) is 3.10. The Morgan fingerprint density at radius 1 is 1.30 bits per heavy atom. The summed E-state index contributed by atoms with van der Waals surface area (Å²) in [5, 5.41) is 6.24. The molecular weight excluding hydrogens is 516 g/mol. The van der Waals surface area contributed by atoms with Crippen LogP contribution in [0.15, 0.2) is 23.3 Å². The van der Waals surface area contributed by atoms with Gasteiger partial charge in [0, 0.05) is 44.5 Å². The van der Waals surface area contributed by atoms with Crippen LogP contribution in [-0.4, -0.2) is 63.6 Å². The lowest BCUT2D eigenvalue weighted by molar-refractivity contribution is -0.137. The van der Waals surface area contributed by atoms with E-state index in [1.807, 2.05) is 6.92 Å². The second kappa shape index (κ2) is 14.6. The minimum absolute atomic E-state index is 0. The van der Waals surface area contributed by atoms with Crippen molar-refractivity contribution >= 4 is 29.9 Å². The maximum Gasteiger partial charge on any atom is 0.417 e. The molecule has 30 heavy (non-hydrogen) atoms. The topological polar surface area (TPSA) is 77.0 Å². The molecule has 1 saturated heterocycles. The van der Waals surface area contributed by atoms with Crippen molar-refractivity contribution in [3.8, 4) is 5.88 Å². The molecule has 0 radical (unpaired) electrons. The third kappa shape index (κ3) is 10.6. The highest BCUT2D eigenvalue weighted by Gasteiger charge is 2.30. The molecule has 1 aromatic heterocycles. The van der Waals surface area contributed by atoms with Crippen LogP contribution in [-0.2, 0) is 15.7 Å². The number of hydrogen-bond donors (Lipinski definition) is 2. The number of rotatable bonds is 11. The van der Waals surface area contributed by atoms with Crippen LogP contribution in [0.1, 0.15) is 25.3 Å². The first-order valence-electron chi connectivity index (χ1n) is 9.82. The SMILES string of the molecule is CCNC(=NCCCOCC1CCOC1)NCCOc1ccc(C(F)(F)F)cn1.I. The molecule has 1 aromatic rings. The Balaban J connectivity index is 0.00000450. The summed E-state index contributed by atoms with van der Waals surface area (Å²) in [5.74, 6) is 1.31. The van der Waals surface area contributed by atoms with Crippen LogP contribution in [0.3, 0.4) is 0 Å². The van der Waals surface area contributed by atoms with Gasteiger partial charge in [-0.1, -0.05) is 0 Å². The highest BCUT2D eigenvalue weighted by Crippen LogP contribution is 2.29. The van der Waals surface area contributed by atoms with Gasteiger partial charge in [0.25, 0.3) is 0 Å². The molecule has 0 aliphatic carbocycles. The van der Waals surface area contributed by atoms with Crippen molar-refractivity contribution in [2.75, 3.05) is 52.7 Å². The van der Waals surface area contributed by atoms with Gasteiger partial charge in [-0.05, 0) is 25.8 Å². The summed E-state index contributed by atoms with van der Waals surface area (Å²) in [7, 11) is 0. The first-order valence-corrected chi connectivity index (χ1v) is 9.82. The molecule has 0 aromatic carbocycles. The predicted molar refractivity (Wildman–Crippen MR) is 118 cm³/mol. The summed E-state index contributed by atoms with van der Waals surface area (Å²) in [6, 6.07) is 2.16. The standard InChI is InChI=1S/C19H29F3N4O3.HI/c1-2-23-18(24-7-3-9-27-13-15-6-10-28-14-15)25-8-11-29-17-5-4-16(12-26-17)19(20,21)22;/h4-5,12,15H,2-3,6-11,13-14H2,1H3,(H2,23,24,25);1H. The summed E-state index contributed by atoms with van der Waals surface area (Å²) >= 11 is 0. The summed E-state index contributed by atoms with van der Waals surface area (Å²) in [6.45, 7) is 6.99. The Morgan fingerprint density at radius 2 is 2.13 bits per heavy atom. The van der Waals surface area contributed by atoms with Gasteiger partial charge in [-0.2, -0.15) is 13.2 Å². The van der Waals surface area contributed by atoms with E-state index in [4.69, 9.17) is 14.2 Å². The average molecular weight is 546 g/mol. The Morgan fingerprint density at radius 3 is 2.77 bits per heavy atom. The zero-order valence-electron chi connectivity index (χ0n) is 17.0. The summed E-state index contributed by atoms with van der Waals surface area (Å²) in [6.07, 6.45) is -1.76. The second-order valence-corrected chi connectivity index (χ2v) is 6.58. The maximum atomic E-state index is 12.5. The van der Waals surface area contributed by atoms with E-state index in [1.54, 1.807) is 0 Å². The monoisotopic (exact) mass is 546 g/mol. The molecule has 0 amide bonds. The Labute approximate surface area is 192 Å².